The molecule has 0 aliphatic carbocycles. The summed E-state index contributed by atoms with van der Waals surface area (Å²) in [5.74, 6) is 1.11. The first kappa shape index (κ1) is 15.4. The highest BCUT2D eigenvalue weighted by atomic mass is 79.9. The molecule has 0 spiro atoms. The minimum atomic E-state index is 0.232. The van der Waals surface area contributed by atoms with E-state index in [1.54, 1.807) is 0 Å². The Balaban J connectivity index is 2.27. The van der Waals surface area contributed by atoms with Crippen LogP contribution in [0.15, 0.2) is 28.7 Å². The molecule has 0 fully saturated rings. The van der Waals surface area contributed by atoms with Gasteiger partial charge in [-0.3, -0.25) is 0 Å². The zero-order chi connectivity index (χ0) is 13.5. The van der Waals surface area contributed by atoms with Gasteiger partial charge in [-0.25, -0.2) is 0 Å². The van der Waals surface area contributed by atoms with E-state index in [1.807, 2.05) is 38.2 Å². The van der Waals surface area contributed by atoms with E-state index in [2.05, 4.69) is 20.8 Å². The van der Waals surface area contributed by atoms with Crippen molar-refractivity contribution in [3.8, 4) is 5.75 Å². The summed E-state index contributed by atoms with van der Waals surface area (Å²) in [6.45, 7) is 4.39. The molecule has 0 aliphatic rings. The number of nitrogens with two attached hydrogens (primary N) is 1. The molecule has 0 saturated heterocycles. The summed E-state index contributed by atoms with van der Waals surface area (Å²) in [6, 6.07) is 7.83. The summed E-state index contributed by atoms with van der Waals surface area (Å²) in [7, 11) is 2.04. The lowest BCUT2D eigenvalue weighted by Crippen LogP contribution is -2.33. The molecular weight excluding hydrogens is 312 g/mol. The Morgan fingerprint density at radius 1 is 1.56 bits per heavy atom. The molecule has 0 saturated carbocycles. The third kappa shape index (κ3) is 5.80. The van der Waals surface area contributed by atoms with Gasteiger partial charge in [0.15, 0.2) is 0 Å². The first-order valence-electron chi connectivity index (χ1n) is 5.85. The van der Waals surface area contributed by atoms with Crippen molar-refractivity contribution in [2.45, 2.75) is 6.92 Å². The van der Waals surface area contributed by atoms with Gasteiger partial charge in [0.25, 0.3) is 0 Å². The normalized spacial score (nSPS) is 12.4. The maximum absolute atomic E-state index is 5.66. The molecule has 3 nitrogen and oxygen atoms in total. The lowest BCUT2D eigenvalue weighted by molar-refractivity contribution is 0.230. The summed E-state index contributed by atoms with van der Waals surface area (Å²) in [6.07, 6.45) is 0. The number of hydrogen-bond acceptors (Lipinski definition) is 3. The highest BCUT2D eigenvalue weighted by molar-refractivity contribution is 9.10. The fraction of sp³-hybridized carbons (Fsp3) is 0.462. The highest BCUT2D eigenvalue weighted by Crippen LogP contribution is 2.17. The van der Waals surface area contributed by atoms with Gasteiger partial charge < -0.3 is 15.4 Å². The van der Waals surface area contributed by atoms with Gasteiger partial charge in [-0.05, 0) is 25.2 Å². The molecule has 0 aromatic heterocycles. The van der Waals surface area contributed by atoms with E-state index in [9.17, 15) is 0 Å². The second-order valence-corrected chi connectivity index (χ2v) is 5.76. The van der Waals surface area contributed by atoms with E-state index in [0.29, 0.717) is 11.6 Å². The van der Waals surface area contributed by atoms with Gasteiger partial charge in [0.2, 0.25) is 0 Å². The van der Waals surface area contributed by atoms with Crippen LogP contribution < -0.4 is 10.5 Å². The number of benzene rings is 1. The van der Waals surface area contributed by atoms with Crippen molar-refractivity contribution >= 4 is 33.1 Å². The molecular formula is C13H19BrN2OS. The molecule has 1 unspecified atom stereocenters. The number of thiocarbonyl (C=S) groups is 1. The number of likely N-dealkylation sites (N-methyl/N-ethyl adjacent to an activating group) is 1. The molecule has 1 rings (SSSR count). The summed E-state index contributed by atoms with van der Waals surface area (Å²) >= 11 is 8.37. The number of nitrogens with zero attached hydrogens (tertiary/aromatic N) is 1. The van der Waals surface area contributed by atoms with Crippen LogP contribution in [0.25, 0.3) is 0 Å². The van der Waals surface area contributed by atoms with Crippen molar-refractivity contribution in [1.82, 2.24) is 4.90 Å². The van der Waals surface area contributed by atoms with Crippen LogP contribution in [-0.4, -0.2) is 36.6 Å². The second-order valence-electron chi connectivity index (χ2n) is 4.37. The predicted molar refractivity (Wildman–Crippen MR) is 83.1 cm³/mol. The molecule has 5 heteroatoms. The zero-order valence-corrected chi connectivity index (χ0v) is 13.1. The minimum absolute atomic E-state index is 0.232. The van der Waals surface area contributed by atoms with E-state index in [0.717, 1.165) is 23.3 Å². The SMILES string of the molecule is CC(CN(C)CCOc1cccc(Br)c1)C(N)=S. The Labute approximate surface area is 122 Å². The van der Waals surface area contributed by atoms with E-state index in [4.69, 9.17) is 22.7 Å². The smallest absolute Gasteiger partial charge is 0.120 e. The summed E-state index contributed by atoms with van der Waals surface area (Å²) in [5.41, 5.74) is 5.59. The molecule has 100 valence electrons. The molecule has 0 aliphatic heterocycles. The fourth-order valence-electron chi connectivity index (χ4n) is 1.52. The maximum atomic E-state index is 5.66. The molecule has 0 radical (unpaired) electrons. The molecule has 0 bridgehead atoms. The highest BCUT2D eigenvalue weighted by Gasteiger charge is 2.08. The predicted octanol–water partition coefficient (Wildman–Crippen LogP) is 2.68. The Kier molecular flexibility index (Phi) is 6.60. The molecule has 1 aromatic rings. The average Bonchev–Trinajstić information content (AvgIpc) is 2.28. The number of hydrogen-bond donors (Lipinski definition) is 1. The van der Waals surface area contributed by atoms with Gasteiger partial charge in [0.1, 0.15) is 12.4 Å². The molecule has 1 atom stereocenters. The molecule has 18 heavy (non-hydrogen) atoms. The lowest BCUT2D eigenvalue weighted by Gasteiger charge is -2.20. The van der Waals surface area contributed by atoms with E-state index < -0.39 is 0 Å². The Morgan fingerprint density at radius 2 is 2.28 bits per heavy atom. The lowest BCUT2D eigenvalue weighted by atomic mass is 10.2. The van der Waals surface area contributed by atoms with Crippen LogP contribution in [0.4, 0.5) is 0 Å². The molecule has 1 aromatic carbocycles. The zero-order valence-electron chi connectivity index (χ0n) is 10.7. The number of ether oxygens (including phenoxy) is 1. The van der Waals surface area contributed by atoms with Crippen LogP contribution >= 0.6 is 28.1 Å². The van der Waals surface area contributed by atoms with Crippen molar-refractivity contribution in [1.29, 1.82) is 0 Å². The summed E-state index contributed by atoms with van der Waals surface area (Å²) < 4.78 is 6.69. The summed E-state index contributed by atoms with van der Waals surface area (Å²) in [4.78, 5) is 2.73. The maximum Gasteiger partial charge on any atom is 0.120 e. The van der Waals surface area contributed by atoms with Gasteiger partial charge in [0, 0.05) is 23.5 Å². The van der Waals surface area contributed by atoms with Crippen molar-refractivity contribution in [2.24, 2.45) is 11.7 Å². The number of halogens is 1. The van der Waals surface area contributed by atoms with Gasteiger partial charge in [-0.1, -0.05) is 41.1 Å². The van der Waals surface area contributed by atoms with E-state index >= 15 is 0 Å². The van der Waals surface area contributed by atoms with Crippen LogP contribution in [0, 0.1) is 5.92 Å². The minimum Gasteiger partial charge on any atom is -0.492 e. The van der Waals surface area contributed by atoms with Crippen molar-refractivity contribution < 1.29 is 4.74 Å². The standard InChI is InChI=1S/C13H19BrN2OS/c1-10(13(15)18)9-16(2)6-7-17-12-5-3-4-11(14)8-12/h3-5,8,10H,6-7,9H2,1-2H3,(H2,15,18). The van der Waals surface area contributed by atoms with Crippen LogP contribution in [0.5, 0.6) is 5.75 Å². The van der Waals surface area contributed by atoms with E-state index in [1.165, 1.54) is 0 Å². The van der Waals surface area contributed by atoms with Gasteiger partial charge in [0.05, 0.1) is 4.99 Å². The topological polar surface area (TPSA) is 38.5 Å². The first-order chi connectivity index (χ1) is 8.49. The quantitative estimate of drug-likeness (QED) is 0.780. The van der Waals surface area contributed by atoms with Crippen LogP contribution in [0.3, 0.4) is 0 Å². The van der Waals surface area contributed by atoms with Crippen molar-refractivity contribution in [2.75, 3.05) is 26.7 Å². The number of rotatable bonds is 7. The molecule has 0 amide bonds. The third-order valence-corrected chi connectivity index (χ3v) is 3.50. The largest absolute Gasteiger partial charge is 0.492 e. The van der Waals surface area contributed by atoms with Crippen LogP contribution in [-0.2, 0) is 0 Å². The van der Waals surface area contributed by atoms with Gasteiger partial charge >= 0.3 is 0 Å². The van der Waals surface area contributed by atoms with Crippen LogP contribution in [0.1, 0.15) is 6.92 Å². The Hall–Kier alpha value is -0.650. The molecule has 2 N–H and O–H groups in total. The van der Waals surface area contributed by atoms with Crippen LogP contribution in [0.2, 0.25) is 0 Å². The average molecular weight is 331 g/mol. The van der Waals surface area contributed by atoms with Crippen molar-refractivity contribution in [3.63, 3.8) is 0 Å². The van der Waals surface area contributed by atoms with Gasteiger partial charge in [-0.2, -0.15) is 0 Å². The fourth-order valence-corrected chi connectivity index (χ4v) is 1.98. The monoisotopic (exact) mass is 330 g/mol. The van der Waals surface area contributed by atoms with Crippen molar-refractivity contribution in [3.05, 3.63) is 28.7 Å². The Bertz CT molecular complexity index is 400. The third-order valence-electron chi connectivity index (χ3n) is 2.61. The second kappa shape index (κ2) is 7.71. The molecule has 0 heterocycles. The van der Waals surface area contributed by atoms with Gasteiger partial charge in [-0.15, -0.1) is 0 Å². The van der Waals surface area contributed by atoms with E-state index in [-0.39, 0.29) is 5.92 Å². The Morgan fingerprint density at radius 3 is 2.89 bits per heavy atom. The summed E-state index contributed by atoms with van der Waals surface area (Å²) in [5, 5.41) is 0. The first-order valence-corrected chi connectivity index (χ1v) is 7.05.